The van der Waals surface area contributed by atoms with Gasteiger partial charge in [-0.1, -0.05) is 0 Å². The summed E-state index contributed by atoms with van der Waals surface area (Å²) in [5, 5.41) is 0. The molecule has 60 heavy (non-hydrogen) atoms. The molecule has 2 saturated heterocycles. The minimum Gasteiger partial charge on any atom is -0.494 e. The Kier molecular flexibility index (Phi) is 19.8. The molecule has 8 rings (SSSR count). The first kappa shape index (κ1) is 47.2. The molecule has 0 unspecified atom stereocenters. The van der Waals surface area contributed by atoms with E-state index in [1.165, 1.54) is 51.9 Å². The zero-order valence-electron chi connectivity index (χ0n) is 34.0. The smallest absolute Gasteiger partial charge is 0.227 e. The van der Waals surface area contributed by atoms with Crippen LogP contribution in [0.5, 0.6) is 23.0 Å². The van der Waals surface area contributed by atoms with Gasteiger partial charge in [-0.25, -0.2) is 9.97 Å². The van der Waals surface area contributed by atoms with Crippen molar-refractivity contribution in [2.24, 2.45) is 0 Å². The van der Waals surface area contributed by atoms with Crippen LogP contribution in [0.25, 0.3) is 45.1 Å². The summed E-state index contributed by atoms with van der Waals surface area (Å²) in [7, 11) is 0. The average molecular weight is 903 g/mol. The molecule has 0 spiro atoms. The maximum atomic E-state index is 6.03. The summed E-state index contributed by atoms with van der Waals surface area (Å²) in [5.41, 5.74) is 4.93. The van der Waals surface area contributed by atoms with Crippen LogP contribution < -0.4 is 18.9 Å². The minimum atomic E-state index is 0. The maximum Gasteiger partial charge on any atom is 0.227 e. The number of hydrogen-bond donors (Lipinski definition) is 0. The fourth-order valence-corrected chi connectivity index (χ4v) is 7.30. The number of aromatic nitrogens is 2. The lowest BCUT2D eigenvalue weighted by Gasteiger charge is -2.14. The third-order valence-electron chi connectivity index (χ3n) is 10.2. The van der Waals surface area contributed by atoms with Crippen molar-refractivity contribution in [1.29, 1.82) is 0 Å². The molecule has 0 radical (unpaired) electrons. The molecule has 2 aliphatic heterocycles. The third kappa shape index (κ3) is 14.1. The standard InChI is InChI=1S/C27H35N3O3.C19H19Cl2NO3.2ClH/c1-2-14-29(13-1)17-5-19-31-23-9-7-22(8-10-23)27-28-25-12-11-24(21-26(25)33-27)32-20-6-18-30-15-3-4-16-30;20-9-1-11-23-15-5-3-14(4-6-15)19-22-17-8-7-16(13-18(17)25-19)24-12-2-10-21;;/h7-12,21H,1-6,13-20H2;3-8,13H,1-2,9-12H2;2*1H. The highest BCUT2D eigenvalue weighted by atomic mass is 35.5. The van der Waals surface area contributed by atoms with Crippen molar-refractivity contribution >= 4 is 70.2 Å². The van der Waals surface area contributed by atoms with Gasteiger partial charge >= 0.3 is 0 Å². The van der Waals surface area contributed by atoms with E-state index in [1.54, 1.807) is 0 Å². The molecular weight excluding hydrogens is 846 g/mol. The van der Waals surface area contributed by atoms with Crippen LogP contribution >= 0.6 is 48.0 Å². The van der Waals surface area contributed by atoms with Gasteiger partial charge in [-0.2, -0.15) is 0 Å². The van der Waals surface area contributed by atoms with E-state index >= 15 is 0 Å². The Morgan fingerprint density at radius 1 is 0.467 bits per heavy atom. The zero-order chi connectivity index (χ0) is 39.8. The lowest BCUT2D eigenvalue weighted by atomic mass is 10.2. The third-order valence-corrected chi connectivity index (χ3v) is 10.7. The minimum absolute atomic E-state index is 0. The first-order valence-corrected chi connectivity index (χ1v) is 21.8. The van der Waals surface area contributed by atoms with E-state index in [9.17, 15) is 0 Å². The molecule has 324 valence electrons. The number of likely N-dealkylation sites (tertiary alicyclic amines) is 2. The molecule has 0 aliphatic carbocycles. The van der Waals surface area contributed by atoms with E-state index in [4.69, 9.17) is 51.0 Å². The lowest BCUT2D eigenvalue weighted by molar-refractivity contribution is 0.263. The van der Waals surface area contributed by atoms with Crippen LogP contribution in [-0.4, -0.2) is 97.2 Å². The molecule has 4 aromatic carbocycles. The van der Waals surface area contributed by atoms with E-state index in [2.05, 4.69) is 19.8 Å². The molecule has 0 bridgehead atoms. The second-order valence-electron chi connectivity index (χ2n) is 14.6. The quantitative estimate of drug-likeness (QED) is 0.0544. The number of alkyl halides is 2. The van der Waals surface area contributed by atoms with E-state index in [1.807, 2.05) is 84.9 Å². The van der Waals surface area contributed by atoms with Crippen LogP contribution in [0.4, 0.5) is 0 Å². The molecule has 0 saturated carbocycles. The predicted octanol–water partition coefficient (Wildman–Crippen LogP) is 11.6. The number of halogens is 4. The molecule has 0 N–H and O–H groups in total. The van der Waals surface area contributed by atoms with Crippen LogP contribution in [0, 0.1) is 0 Å². The van der Waals surface area contributed by atoms with Crippen molar-refractivity contribution in [2.45, 2.75) is 51.4 Å². The monoisotopic (exact) mass is 900 g/mol. The summed E-state index contributed by atoms with van der Waals surface area (Å²) < 4.78 is 35.0. The number of nitrogens with zero attached hydrogens (tertiary/aromatic N) is 4. The molecule has 2 aromatic heterocycles. The summed E-state index contributed by atoms with van der Waals surface area (Å²) in [4.78, 5) is 14.2. The van der Waals surface area contributed by atoms with E-state index in [-0.39, 0.29) is 24.8 Å². The summed E-state index contributed by atoms with van der Waals surface area (Å²) in [6.45, 7) is 9.87. The van der Waals surface area contributed by atoms with Crippen LogP contribution in [0.2, 0.25) is 0 Å². The Morgan fingerprint density at radius 3 is 1.20 bits per heavy atom. The van der Waals surface area contributed by atoms with Gasteiger partial charge in [0.15, 0.2) is 11.2 Å². The van der Waals surface area contributed by atoms with Gasteiger partial charge in [0.05, 0.1) is 26.4 Å². The van der Waals surface area contributed by atoms with Crippen molar-refractivity contribution < 1.29 is 27.8 Å². The summed E-state index contributed by atoms with van der Waals surface area (Å²) in [6.07, 6.45) is 9.09. The Hall–Kier alpha value is -3.90. The number of benzene rings is 4. The van der Waals surface area contributed by atoms with Crippen molar-refractivity contribution in [2.75, 3.05) is 77.5 Å². The topological polar surface area (TPSA) is 95.5 Å². The number of hydrogen-bond acceptors (Lipinski definition) is 10. The molecule has 14 heteroatoms. The van der Waals surface area contributed by atoms with E-state index < -0.39 is 0 Å². The Labute approximate surface area is 375 Å². The first-order chi connectivity index (χ1) is 28.6. The number of ether oxygens (including phenoxy) is 4. The summed E-state index contributed by atoms with van der Waals surface area (Å²) >= 11 is 11.3. The maximum absolute atomic E-state index is 6.03. The Bertz CT molecular complexity index is 2120. The molecule has 0 amide bonds. The van der Waals surface area contributed by atoms with Crippen molar-refractivity contribution in [3.63, 3.8) is 0 Å². The SMILES string of the molecule is Cl.Cl.ClCCCOc1ccc(-c2nc3ccc(OCCCCl)cc3o2)cc1.c1cc(-c2nc3ccc(OCCCN4CCCC4)cc3o2)ccc1OCCCN1CCCC1. The second-order valence-corrected chi connectivity index (χ2v) is 15.4. The van der Waals surface area contributed by atoms with Gasteiger partial charge in [-0.15, -0.1) is 48.0 Å². The number of oxazole rings is 2. The first-order valence-electron chi connectivity index (χ1n) is 20.7. The fourth-order valence-electron chi connectivity index (χ4n) is 7.08. The van der Waals surface area contributed by atoms with Gasteiger partial charge < -0.3 is 37.6 Å². The van der Waals surface area contributed by atoms with Gasteiger partial charge in [0.2, 0.25) is 11.8 Å². The fraction of sp³-hybridized carbons (Fsp3) is 0.435. The van der Waals surface area contributed by atoms with Crippen LogP contribution in [0.1, 0.15) is 51.4 Å². The van der Waals surface area contributed by atoms with E-state index in [0.717, 1.165) is 103 Å². The largest absolute Gasteiger partial charge is 0.494 e. The van der Waals surface area contributed by atoms with E-state index in [0.29, 0.717) is 42.3 Å². The van der Waals surface area contributed by atoms with Crippen LogP contribution in [-0.2, 0) is 0 Å². The highest BCUT2D eigenvalue weighted by Crippen LogP contribution is 2.30. The van der Waals surface area contributed by atoms with Gasteiger partial charge in [-0.05, 0) is 150 Å². The summed E-state index contributed by atoms with van der Waals surface area (Å²) in [5.74, 6) is 5.66. The molecule has 2 aliphatic rings. The molecule has 6 aromatic rings. The number of rotatable bonds is 20. The highest BCUT2D eigenvalue weighted by molar-refractivity contribution is 6.18. The van der Waals surface area contributed by atoms with Crippen molar-refractivity contribution in [3.05, 3.63) is 84.9 Å². The molecule has 4 heterocycles. The molecule has 2 fully saturated rings. The molecule has 0 atom stereocenters. The van der Waals surface area contributed by atoms with Gasteiger partial charge in [0, 0.05) is 48.1 Å². The lowest BCUT2D eigenvalue weighted by Crippen LogP contribution is -2.21. The van der Waals surface area contributed by atoms with Crippen molar-refractivity contribution in [3.8, 4) is 45.9 Å². The van der Waals surface area contributed by atoms with Gasteiger partial charge in [-0.3, -0.25) is 0 Å². The average Bonchev–Trinajstić information content (AvgIpc) is 4.10. The van der Waals surface area contributed by atoms with Crippen molar-refractivity contribution in [1.82, 2.24) is 19.8 Å². The Morgan fingerprint density at radius 2 is 0.817 bits per heavy atom. The highest BCUT2D eigenvalue weighted by Gasteiger charge is 2.14. The van der Waals surface area contributed by atoms with Gasteiger partial charge in [0.25, 0.3) is 0 Å². The second kappa shape index (κ2) is 25.1. The summed E-state index contributed by atoms with van der Waals surface area (Å²) in [6, 6.07) is 27.2. The molecular formula is C46H56Cl4N4O6. The zero-order valence-corrected chi connectivity index (χ0v) is 37.2. The Balaban J connectivity index is 0.000000228. The van der Waals surface area contributed by atoms with Gasteiger partial charge in [0.1, 0.15) is 34.0 Å². The van der Waals surface area contributed by atoms with Crippen LogP contribution in [0.15, 0.2) is 93.8 Å². The van der Waals surface area contributed by atoms with Crippen LogP contribution in [0.3, 0.4) is 0 Å². The molecule has 10 nitrogen and oxygen atoms in total. The predicted molar refractivity (Wildman–Crippen MR) is 247 cm³/mol. The number of fused-ring (bicyclic) bond motifs is 2. The normalized spacial score (nSPS) is 14.0.